The van der Waals surface area contributed by atoms with Gasteiger partial charge in [-0.2, -0.15) is 0 Å². The van der Waals surface area contributed by atoms with E-state index in [1.165, 1.54) is 153 Å². The van der Waals surface area contributed by atoms with Crippen LogP contribution in [0.5, 0.6) is 0 Å². The smallest absolute Gasteiger partial charge is 0.0546 e. The summed E-state index contributed by atoms with van der Waals surface area (Å²) >= 11 is 0. The Morgan fingerprint density at radius 1 is 0.397 bits per heavy atom. The lowest BCUT2D eigenvalue weighted by Gasteiger charge is -2.31. The topological polar surface area (TPSA) is 3.24 Å². The second kappa shape index (κ2) is 14.8. The van der Waals surface area contributed by atoms with Gasteiger partial charge in [-0.15, -0.1) is 0 Å². The summed E-state index contributed by atoms with van der Waals surface area (Å²) in [5.41, 5.74) is 20.8. The Kier molecular flexibility index (Phi) is 9.12. The molecule has 8 aromatic carbocycles. The van der Waals surface area contributed by atoms with Crippen LogP contribution < -0.4 is 4.90 Å². The highest BCUT2D eigenvalue weighted by Gasteiger charge is 2.41. The molecule has 312 valence electrons. The minimum atomic E-state index is -0.130. The van der Waals surface area contributed by atoms with Crippen LogP contribution in [0.15, 0.2) is 152 Å². The van der Waals surface area contributed by atoms with Crippen LogP contribution in [0.2, 0.25) is 0 Å². The zero-order valence-electron chi connectivity index (χ0n) is 37.6. The minimum absolute atomic E-state index is 0.0709. The Hall–Kier alpha value is -5.92. The second-order valence-corrected chi connectivity index (χ2v) is 20.5. The lowest BCUT2D eigenvalue weighted by atomic mass is 9.74. The van der Waals surface area contributed by atoms with Crippen LogP contribution in [0.3, 0.4) is 0 Å². The van der Waals surface area contributed by atoms with E-state index in [0.29, 0.717) is 11.8 Å². The van der Waals surface area contributed by atoms with E-state index in [1.54, 1.807) is 16.7 Å². The first-order chi connectivity index (χ1) is 30.8. The molecule has 0 unspecified atom stereocenters. The number of anilines is 3. The van der Waals surface area contributed by atoms with Crippen LogP contribution in [0.25, 0.3) is 54.9 Å². The molecule has 0 aliphatic heterocycles. The Bertz CT molecular complexity index is 3090. The number of hydrogen-bond acceptors (Lipinski definition) is 1. The fourth-order valence-corrected chi connectivity index (χ4v) is 13.1. The number of hydrogen-bond donors (Lipinski definition) is 0. The molecule has 2 saturated carbocycles. The van der Waals surface area contributed by atoms with Crippen LogP contribution in [-0.4, -0.2) is 0 Å². The summed E-state index contributed by atoms with van der Waals surface area (Å²) in [6.07, 6.45) is 13.3. The highest BCUT2D eigenvalue weighted by Crippen LogP contribution is 2.57. The highest BCUT2D eigenvalue weighted by atomic mass is 15.1. The molecule has 63 heavy (non-hydrogen) atoms. The first-order valence-electron chi connectivity index (χ1n) is 24.2. The summed E-state index contributed by atoms with van der Waals surface area (Å²) in [6.45, 7) is 9.88. The molecule has 0 bridgehead atoms. The molecular weight excluding hydrogens is 759 g/mol. The number of rotatable bonds is 6. The lowest BCUT2D eigenvalue weighted by Crippen LogP contribution is -2.19. The van der Waals surface area contributed by atoms with E-state index in [9.17, 15) is 0 Å². The van der Waals surface area contributed by atoms with E-state index in [0.717, 1.165) is 0 Å². The molecule has 0 heterocycles. The Morgan fingerprint density at radius 3 is 1.78 bits per heavy atom. The van der Waals surface area contributed by atoms with Gasteiger partial charge in [-0.3, -0.25) is 0 Å². The van der Waals surface area contributed by atoms with Crippen molar-refractivity contribution in [3.05, 3.63) is 185 Å². The Morgan fingerprint density at radius 2 is 1.00 bits per heavy atom. The predicted molar refractivity (Wildman–Crippen MR) is 268 cm³/mol. The molecule has 12 rings (SSSR count). The zero-order valence-corrected chi connectivity index (χ0v) is 37.6. The summed E-state index contributed by atoms with van der Waals surface area (Å²) in [4.78, 5) is 2.61. The third-order valence-corrected chi connectivity index (χ3v) is 16.2. The van der Waals surface area contributed by atoms with E-state index < -0.39 is 0 Å². The molecular formula is C62H59N. The first-order valence-corrected chi connectivity index (χ1v) is 24.2. The molecule has 0 radical (unpaired) electrons. The van der Waals surface area contributed by atoms with E-state index in [2.05, 4.69) is 184 Å². The Labute approximate surface area is 374 Å². The van der Waals surface area contributed by atoms with Crippen LogP contribution in [0, 0.1) is 0 Å². The van der Waals surface area contributed by atoms with Gasteiger partial charge in [0.05, 0.1) is 5.69 Å². The van der Waals surface area contributed by atoms with E-state index in [-0.39, 0.29) is 10.8 Å². The summed E-state index contributed by atoms with van der Waals surface area (Å²) < 4.78 is 0. The van der Waals surface area contributed by atoms with Crippen LogP contribution in [0.4, 0.5) is 17.1 Å². The number of nitrogens with zero attached hydrogens (tertiary/aromatic N) is 1. The van der Waals surface area contributed by atoms with Gasteiger partial charge < -0.3 is 4.90 Å². The monoisotopic (exact) mass is 817 g/mol. The van der Waals surface area contributed by atoms with Gasteiger partial charge in [0.25, 0.3) is 0 Å². The zero-order chi connectivity index (χ0) is 42.5. The van der Waals surface area contributed by atoms with Crippen molar-refractivity contribution in [1.82, 2.24) is 0 Å². The maximum Gasteiger partial charge on any atom is 0.0546 e. The predicted octanol–water partition coefficient (Wildman–Crippen LogP) is 17.8. The van der Waals surface area contributed by atoms with Crippen molar-refractivity contribution in [3.8, 4) is 33.4 Å². The molecule has 0 saturated heterocycles. The average molecular weight is 818 g/mol. The van der Waals surface area contributed by atoms with Gasteiger partial charge in [-0.25, -0.2) is 0 Å². The maximum absolute atomic E-state index is 2.61. The third kappa shape index (κ3) is 6.02. The molecule has 0 spiro atoms. The lowest BCUT2D eigenvalue weighted by molar-refractivity contribution is 0.438. The van der Waals surface area contributed by atoms with Gasteiger partial charge in [0.15, 0.2) is 0 Å². The van der Waals surface area contributed by atoms with Gasteiger partial charge in [0.1, 0.15) is 0 Å². The molecule has 8 aromatic rings. The fourth-order valence-electron chi connectivity index (χ4n) is 13.1. The quantitative estimate of drug-likeness (QED) is 0.162. The summed E-state index contributed by atoms with van der Waals surface area (Å²) in [7, 11) is 0. The highest BCUT2D eigenvalue weighted by molar-refractivity contribution is 6.11. The second-order valence-electron chi connectivity index (χ2n) is 20.5. The first kappa shape index (κ1) is 38.7. The molecule has 2 fully saturated rings. The summed E-state index contributed by atoms with van der Waals surface area (Å²) in [6, 6.07) is 58.9. The van der Waals surface area contributed by atoms with E-state index in [1.807, 2.05) is 0 Å². The van der Waals surface area contributed by atoms with Crippen molar-refractivity contribution in [1.29, 1.82) is 0 Å². The van der Waals surface area contributed by atoms with Gasteiger partial charge in [-0.1, -0.05) is 188 Å². The standard InChI is InChI=1S/C62H59N/c1-61(2)55-31-17-27-47(41-18-7-5-8-19-41)58(55)52-35-33-45(39-56(52)61)63(57-37-32-43-23-12-14-26-48(43)59(57)50-29-15-24-40-22-11-13-25-46(40)50)44-34-36-54-53(38-44)51-30-16-28-49(60(51)62(54,3)4)42-20-9-6-10-21-42/h11-17,22-39,41-42H,5-10,18-21H2,1-4H3. The third-order valence-electron chi connectivity index (χ3n) is 16.2. The van der Waals surface area contributed by atoms with Gasteiger partial charge in [0.2, 0.25) is 0 Å². The Balaban J connectivity index is 1.11. The molecule has 1 nitrogen and oxygen atoms in total. The molecule has 4 aliphatic carbocycles. The SMILES string of the molecule is CC1(C)c2cc(N(c3ccc4c(c3)-c3cccc(C5CCCCC5)c3C4(C)C)c3ccc4ccccc4c3-c3cccc4ccccc34)ccc2-c2c(C3CCCCC3)cccc21. The van der Waals surface area contributed by atoms with Crippen LogP contribution >= 0.6 is 0 Å². The molecule has 0 atom stereocenters. The molecule has 4 aliphatic rings. The van der Waals surface area contributed by atoms with Crippen LogP contribution in [0.1, 0.15) is 137 Å². The van der Waals surface area contributed by atoms with Crippen molar-refractivity contribution < 1.29 is 0 Å². The van der Waals surface area contributed by atoms with Crippen molar-refractivity contribution in [2.45, 2.75) is 115 Å². The molecule has 0 aromatic heterocycles. The number of fused-ring (bicyclic) bond motifs is 8. The van der Waals surface area contributed by atoms with Crippen molar-refractivity contribution in [2.75, 3.05) is 4.90 Å². The van der Waals surface area contributed by atoms with Crippen molar-refractivity contribution >= 4 is 38.6 Å². The largest absolute Gasteiger partial charge is 0.310 e. The average Bonchev–Trinajstić information content (AvgIpc) is 3.71. The van der Waals surface area contributed by atoms with Crippen molar-refractivity contribution in [2.24, 2.45) is 0 Å². The molecule has 0 amide bonds. The summed E-state index contributed by atoms with van der Waals surface area (Å²) in [5, 5.41) is 5.06. The normalized spacial score (nSPS) is 17.7. The van der Waals surface area contributed by atoms with Crippen molar-refractivity contribution in [3.63, 3.8) is 0 Å². The summed E-state index contributed by atoms with van der Waals surface area (Å²) in [5.74, 6) is 1.29. The fraction of sp³-hybridized carbons (Fsp3) is 0.290. The van der Waals surface area contributed by atoms with Gasteiger partial charge in [0, 0.05) is 27.8 Å². The minimum Gasteiger partial charge on any atom is -0.310 e. The van der Waals surface area contributed by atoms with Gasteiger partial charge in [-0.05, 0) is 151 Å². The maximum atomic E-state index is 2.61. The van der Waals surface area contributed by atoms with Gasteiger partial charge >= 0.3 is 0 Å². The molecule has 0 N–H and O–H groups in total. The van der Waals surface area contributed by atoms with E-state index in [4.69, 9.17) is 0 Å². The number of benzene rings is 8. The molecule has 1 heteroatoms. The van der Waals surface area contributed by atoms with Crippen LogP contribution in [-0.2, 0) is 10.8 Å². The van der Waals surface area contributed by atoms with E-state index >= 15 is 0 Å².